The van der Waals surface area contributed by atoms with Gasteiger partial charge >= 0.3 is 0 Å². The molecule has 1 aromatic heterocycles. The first-order valence-corrected chi connectivity index (χ1v) is 6.34. The molecule has 0 aliphatic heterocycles. The number of carbonyl (C=O) groups excluding carboxylic acids is 1. The molecule has 0 radical (unpaired) electrons. The first-order valence-electron chi connectivity index (χ1n) is 5.53. The van der Waals surface area contributed by atoms with Gasteiger partial charge in [0, 0.05) is 21.6 Å². The third-order valence-electron chi connectivity index (χ3n) is 3.61. The van der Waals surface area contributed by atoms with Crippen molar-refractivity contribution in [1.29, 1.82) is 0 Å². The van der Waals surface area contributed by atoms with Gasteiger partial charge in [-0.3, -0.25) is 4.79 Å². The highest BCUT2D eigenvalue weighted by molar-refractivity contribution is 7.12. The second-order valence-corrected chi connectivity index (χ2v) is 6.12. The Kier molecular flexibility index (Phi) is 2.50. The molecule has 1 nitrogen and oxygen atoms in total. The van der Waals surface area contributed by atoms with E-state index >= 15 is 0 Å². The van der Waals surface area contributed by atoms with Crippen LogP contribution < -0.4 is 0 Å². The van der Waals surface area contributed by atoms with E-state index in [1.807, 2.05) is 11.3 Å². The highest BCUT2D eigenvalue weighted by Gasteiger charge is 2.47. The summed E-state index contributed by atoms with van der Waals surface area (Å²) in [6.07, 6.45) is 3.15. The molecule has 2 heteroatoms. The fourth-order valence-electron chi connectivity index (χ4n) is 2.36. The van der Waals surface area contributed by atoms with Gasteiger partial charge in [-0.15, -0.1) is 11.3 Å². The molecule has 0 unspecified atom stereocenters. The predicted octanol–water partition coefficient (Wildman–Crippen LogP) is 3.68. The van der Waals surface area contributed by atoms with Gasteiger partial charge in [0.25, 0.3) is 0 Å². The molecule has 0 spiro atoms. The van der Waals surface area contributed by atoms with Gasteiger partial charge in [-0.05, 0) is 51.7 Å². The summed E-state index contributed by atoms with van der Waals surface area (Å²) >= 11 is 1.90. The summed E-state index contributed by atoms with van der Waals surface area (Å²) in [5.74, 6) is 0.329. The van der Waals surface area contributed by atoms with Crippen LogP contribution in [0.1, 0.15) is 47.1 Å². The standard InChI is InChI=1S/C13H18OS/c1-8(14)7-13(5-6-13)12-10(3)9(2)11(4)15-12/h5-7H2,1-4H3. The van der Waals surface area contributed by atoms with Gasteiger partial charge in [0.15, 0.2) is 0 Å². The minimum atomic E-state index is 0.236. The van der Waals surface area contributed by atoms with Crippen LogP contribution in [0.3, 0.4) is 0 Å². The summed E-state index contributed by atoms with van der Waals surface area (Å²) in [6, 6.07) is 0. The van der Waals surface area contributed by atoms with E-state index in [-0.39, 0.29) is 5.41 Å². The Balaban J connectivity index is 2.37. The molecular formula is C13H18OS. The molecule has 15 heavy (non-hydrogen) atoms. The summed E-state index contributed by atoms with van der Waals surface area (Å²) in [6.45, 7) is 8.28. The number of carbonyl (C=O) groups is 1. The topological polar surface area (TPSA) is 17.1 Å². The number of Topliss-reactive ketones (excluding diaryl/α,β-unsaturated/α-hetero) is 1. The zero-order chi connectivity index (χ0) is 11.2. The van der Waals surface area contributed by atoms with Crippen LogP contribution in [-0.4, -0.2) is 5.78 Å². The molecule has 0 amide bonds. The first-order chi connectivity index (χ1) is 6.96. The SMILES string of the molecule is CC(=O)CC1(c2sc(C)c(C)c2C)CC1. The molecule has 1 heterocycles. The van der Waals surface area contributed by atoms with Crippen molar-refractivity contribution in [3.05, 3.63) is 20.9 Å². The van der Waals surface area contributed by atoms with E-state index in [1.54, 1.807) is 6.92 Å². The maximum Gasteiger partial charge on any atom is 0.130 e. The van der Waals surface area contributed by atoms with Crippen LogP contribution in [0.2, 0.25) is 0 Å². The summed E-state index contributed by atoms with van der Waals surface area (Å²) in [5, 5.41) is 0. The lowest BCUT2D eigenvalue weighted by atomic mass is 9.94. The van der Waals surface area contributed by atoms with Crippen molar-refractivity contribution in [2.45, 2.75) is 52.4 Å². The number of aryl methyl sites for hydroxylation is 1. The molecule has 0 bridgehead atoms. The average molecular weight is 222 g/mol. The van der Waals surface area contributed by atoms with Crippen molar-refractivity contribution in [3.8, 4) is 0 Å². The summed E-state index contributed by atoms with van der Waals surface area (Å²) in [5.41, 5.74) is 3.08. The summed E-state index contributed by atoms with van der Waals surface area (Å²) in [4.78, 5) is 14.2. The second-order valence-electron chi connectivity index (χ2n) is 4.90. The molecule has 0 atom stereocenters. The van der Waals surface area contributed by atoms with Crippen molar-refractivity contribution in [2.24, 2.45) is 0 Å². The molecule has 1 aliphatic rings. The Labute approximate surface area is 95.5 Å². The van der Waals surface area contributed by atoms with E-state index in [1.165, 1.54) is 33.7 Å². The molecule has 82 valence electrons. The number of ketones is 1. The van der Waals surface area contributed by atoms with Gasteiger partial charge in [0.05, 0.1) is 0 Å². The van der Waals surface area contributed by atoms with Gasteiger partial charge in [-0.25, -0.2) is 0 Å². The van der Waals surface area contributed by atoms with Gasteiger partial charge in [-0.1, -0.05) is 0 Å². The van der Waals surface area contributed by atoms with E-state index in [4.69, 9.17) is 0 Å². The second kappa shape index (κ2) is 3.44. The Morgan fingerprint density at radius 2 is 1.87 bits per heavy atom. The van der Waals surface area contributed by atoms with Gasteiger partial charge < -0.3 is 0 Å². The van der Waals surface area contributed by atoms with Crippen LogP contribution in [0.15, 0.2) is 0 Å². The van der Waals surface area contributed by atoms with Crippen LogP contribution in [0.4, 0.5) is 0 Å². The average Bonchev–Trinajstić information content (AvgIpc) is 2.86. The number of thiophene rings is 1. The van der Waals surface area contributed by atoms with Gasteiger partial charge in [-0.2, -0.15) is 0 Å². The number of hydrogen-bond acceptors (Lipinski definition) is 2. The van der Waals surface area contributed by atoms with Crippen molar-refractivity contribution < 1.29 is 4.79 Å². The van der Waals surface area contributed by atoms with Crippen LogP contribution in [-0.2, 0) is 10.2 Å². The first kappa shape index (κ1) is 10.9. The minimum Gasteiger partial charge on any atom is -0.300 e. The van der Waals surface area contributed by atoms with Gasteiger partial charge in [0.2, 0.25) is 0 Å². The lowest BCUT2D eigenvalue weighted by molar-refractivity contribution is -0.117. The fourth-order valence-corrected chi connectivity index (χ4v) is 3.77. The molecule has 0 N–H and O–H groups in total. The predicted molar refractivity (Wildman–Crippen MR) is 64.7 cm³/mol. The Morgan fingerprint density at radius 1 is 1.27 bits per heavy atom. The van der Waals surface area contributed by atoms with Crippen molar-refractivity contribution in [2.75, 3.05) is 0 Å². The largest absolute Gasteiger partial charge is 0.300 e. The van der Waals surface area contributed by atoms with Crippen molar-refractivity contribution >= 4 is 17.1 Å². The number of hydrogen-bond donors (Lipinski definition) is 0. The van der Waals surface area contributed by atoms with Crippen LogP contribution in [0.25, 0.3) is 0 Å². The highest BCUT2D eigenvalue weighted by Crippen LogP contribution is 2.55. The quantitative estimate of drug-likeness (QED) is 0.762. The van der Waals surface area contributed by atoms with E-state index < -0.39 is 0 Å². The van der Waals surface area contributed by atoms with Crippen LogP contribution >= 0.6 is 11.3 Å². The third kappa shape index (κ3) is 1.76. The third-order valence-corrected chi connectivity index (χ3v) is 5.16. The van der Waals surface area contributed by atoms with Crippen molar-refractivity contribution in [1.82, 2.24) is 0 Å². The molecule has 0 saturated heterocycles. The van der Waals surface area contributed by atoms with E-state index in [0.717, 1.165) is 6.42 Å². The van der Waals surface area contributed by atoms with E-state index in [0.29, 0.717) is 5.78 Å². The summed E-state index contributed by atoms with van der Waals surface area (Å²) in [7, 11) is 0. The molecule has 1 saturated carbocycles. The molecule has 1 aromatic rings. The molecule has 2 rings (SSSR count). The monoisotopic (exact) mass is 222 g/mol. The maximum atomic E-state index is 11.3. The lowest BCUT2D eigenvalue weighted by Crippen LogP contribution is -2.10. The van der Waals surface area contributed by atoms with Crippen LogP contribution in [0.5, 0.6) is 0 Å². The lowest BCUT2D eigenvalue weighted by Gasteiger charge is -2.12. The zero-order valence-electron chi connectivity index (χ0n) is 9.94. The molecule has 1 aliphatic carbocycles. The normalized spacial score (nSPS) is 17.9. The zero-order valence-corrected chi connectivity index (χ0v) is 10.8. The molecule has 0 aromatic carbocycles. The summed E-state index contributed by atoms with van der Waals surface area (Å²) < 4.78 is 0. The van der Waals surface area contributed by atoms with Crippen LogP contribution in [0, 0.1) is 20.8 Å². The highest BCUT2D eigenvalue weighted by atomic mass is 32.1. The Hall–Kier alpha value is -0.630. The fraction of sp³-hybridized carbons (Fsp3) is 0.615. The minimum absolute atomic E-state index is 0.236. The smallest absolute Gasteiger partial charge is 0.130 e. The Bertz CT molecular complexity index is 410. The van der Waals surface area contributed by atoms with Gasteiger partial charge in [0.1, 0.15) is 5.78 Å². The van der Waals surface area contributed by atoms with Crippen molar-refractivity contribution in [3.63, 3.8) is 0 Å². The molecule has 1 fully saturated rings. The number of rotatable bonds is 3. The molecular weight excluding hydrogens is 204 g/mol. The van der Waals surface area contributed by atoms with E-state index in [9.17, 15) is 4.79 Å². The Morgan fingerprint density at radius 3 is 2.20 bits per heavy atom. The van der Waals surface area contributed by atoms with E-state index in [2.05, 4.69) is 20.8 Å². The maximum absolute atomic E-state index is 11.3.